The lowest BCUT2D eigenvalue weighted by atomic mass is 10.1. The van der Waals surface area contributed by atoms with E-state index in [4.69, 9.17) is 0 Å². The monoisotopic (exact) mass is 307 g/mol. The molecule has 2 aliphatic carbocycles. The first-order chi connectivity index (χ1) is 10.3. The SMILES string of the molecule is O=C(Nc1nnc(C2CC2)s1)NC1CCN(C2CC2)CC1. The molecule has 2 saturated carbocycles. The van der Waals surface area contributed by atoms with Crippen molar-refractivity contribution in [2.75, 3.05) is 18.4 Å². The Hall–Kier alpha value is -1.21. The van der Waals surface area contributed by atoms with Crippen LogP contribution in [0.2, 0.25) is 0 Å². The standard InChI is InChI=1S/C14H21N5OS/c20-13(16-14-18-17-12(21-14)9-1-2-9)15-10-5-7-19(8-6-10)11-3-4-11/h9-11H,1-8H2,(H2,15,16,18,20). The maximum Gasteiger partial charge on any atom is 0.321 e. The van der Waals surface area contributed by atoms with E-state index in [9.17, 15) is 4.79 Å². The van der Waals surface area contributed by atoms with Crippen LogP contribution < -0.4 is 10.6 Å². The number of hydrogen-bond acceptors (Lipinski definition) is 5. The summed E-state index contributed by atoms with van der Waals surface area (Å²) >= 11 is 1.50. The van der Waals surface area contributed by atoms with Crippen LogP contribution in [0.25, 0.3) is 0 Å². The van der Waals surface area contributed by atoms with Gasteiger partial charge in [0.25, 0.3) is 0 Å². The molecule has 0 unspecified atom stereocenters. The second kappa shape index (κ2) is 5.53. The molecule has 0 bridgehead atoms. The number of carbonyl (C=O) groups excluding carboxylic acids is 1. The quantitative estimate of drug-likeness (QED) is 0.894. The number of piperidine rings is 1. The van der Waals surface area contributed by atoms with Crippen LogP contribution in [0, 0.1) is 0 Å². The Bertz CT molecular complexity index is 517. The van der Waals surface area contributed by atoms with Crippen molar-refractivity contribution in [2.45, 2.75) is 56.5 Å². The number of aromatic nitrogens is 2. The third kappa shape index (κ3) is 3.35. The fourth-order valence-corrected chi connectivity index (χ4v) is 3.86. The number of urea groups is 1. The molecular formula is C14H21N5OS. The van der Waals surface area contributed by atoms with Gasteiger partial charge < -0.3 is 10.2 Å². The maximum atomic E-state index is 12.0. The largest absolute Gasteiger partial charge is 0.335 e. The van der Waals surface area contributed by atoms with Gasteiger partial charge in [-0.3, -0.25) is 5.32 Å². The number of nitrogens with zero attached hydrogens (tertiary/aromatic N) is 3. The summed E-state index contributed by atoms with van der Waals surface area (Å²) in [4.78, 5) is 14.6. The van der Waals surface area contributed by atoms with Crippen molar-refractivity contribution < 1.29 is 4.79 Å². The van der Waals surface area contributed by atoms with Crippen LogP contribution in [0.4, 0.5) is 9.93 Å². The van der Waals surface area contributed by atoms with Crippen molar-refractivity contribution in [1.29, 1.82) is 0 Å². The van der Waals surface area contributed by atoms with Crippen LogP contribution in [-0.2, 0) is 0 Å². The Morgan fingerprint density at radius 2 is 1.86 bits per heavy atom. The summed E-state index contributed by atoms with van der Waals surface area (Å²) in [5, 5.41) is 15.7. The molecule has 7 heteroatoms. The Kier molecular flexibility index (Phi) is 3.54. The highest BCUT2D eigenvalue weighted by atomic mass is 32.1. The van der Waals surface area contributed by atoms with E-state index < -0.39 is 0 Å². The van der Waals surface area contributed by atoms with Crippen molar-refractivity contribution in [2.24, 2.45) is 0 Å². The molecule has 21 heavy (non-hydrogen) atoms. The summed E-state index contributed by atoms with van der Waals surface area (Å²) in [5.74, 6) is 0.591. The maximum absolute atomic E-state index is 12.0. The Balaban J connectivity index is 1.23. The minimum absolute atomic E-state index is 0.140. The minimum Gasteiger partial charge on any atom is -0.335 e. The molecule has 1 aromatic rings. The molecule has 0 atom stereocenters. The van der Waals surface area contributed by atoms with Gasteiger partial charge in [0.15, 0.2) is 0 Å². The van der Waals surface area contributed by atoms with Crippen LogP contribution in [0.5, 0.6) is 0 Å². The van der Waals surface area contributed by atoms with E-state index in [1.165, 1.54) is 37.0 Å². The highest BCUT2D eigenvalue weighted by molar-refractivity contribution is 7.15. The van der Waals surface area contributed by atoms with E-state index in [-0.39, 0.29) is 12.1 Å². The molecule has 6 nitrogen and oxygen atoms in total. The number of anilines is 1. The van der Waals surface area contributed by atoms with E-state index in [1.807, 2.05) is 0 Å². The molecular weight excluding hydrogens is 286 g/mol. The van der Waals surface area contributed by atoms with Crippen molar-refractivity contribution in [3.05, 3.63) is 5.01 Å². The number of amides is 2. The van der Waals surface area contributed by atoms with E-state index in [0.717, 1.165) is 37.0 Å². The third-order valence-corrected chi connectivity index (χ3v) is 5.52. The lowest BCUT2D eigenvalue weighted by Crippen LogP contribution is -2.46. The number of likely N-dealkylation sites (tertiary alicyclic amines) is 1. The average Bonchev–Trinajstić information content (AvgIpc) is 3.39. The number of carbonyl (C=O) groups is 1. The zero-order valence-corrected chi connectivity index (χ0v) is 12.9. The van der Waals surface area contributed by atoms with Crippen LogP contribution in [-0.4, -0.2) is 46.3 Å². The molecule has 2 amide bonds. The molecule has 2 N–H and O–H groups in total. The van der Waals surface area contributed by atoms with Crippen molar-refractivity contribution >= 4 is 22.5 Å². The number of nitrogens with one attached hydrogen (secondary N) is 2. The number of rotatable bonds is 4. The van der Waals surface area contributed by atoms with Crippen molar-refractivity contribution in [3.63, 3.8) is 0 Å². The summed E-state index contributed by atoms with van der Waals surface area (Å²) in [6, 6.07) is 0.983. The van der Waals surface area contributed by atoms with Gasteiger partial charge >= 0.3 is 6.03 Å². The Labute approximate surface area is 128 Å². The second-order valence-corrected chi connectivity index (χ2v) is 7.37. The molecule has 4 rings (SSSR count). The highest BCUT2D eigenvalue weighted by Gasteiger charge is 2.32. The molecule has 1 saturated heterocycles. The lowest BCUT2D eigenvalue weighted by Gasteiger charge is -2.32. The zero-order valence-electron chi connectivity index (χ0n) is 12.0. The van der Waals surface area contributed by atoms with E-state index in [0.29, 0.717) is 11.0 Å². The smallest absolute Gasteiger partial charge is 0.321 e. The molecule has 0 radical (unpaired) electrons. The summed E-state index contributed by atoms with van der Waals surface area (Å²) in [5.41, 5.74) is 0. The van der Waals surface area contributed by atoms with Gasteiger partial charge in [-0.05, 0) is 38.5 Å². The molecule has 0 spiro atoms. The molecule has 3 fully saturated rings. The minimum atomic E-state index is -0.140. The predicted octanol–water partition coefficient (Wildman–Crippen LogP) is 2.16. The lowest BCUT2D eigenvalue weighted by molar-refractivity contribution is 0.189. The van der Waals surface area contributed by atoms with Crippen LogP contribution in [0.15, 0.2) is 0 Å². The fourth-order valence-electron chi connectivity index (χ4n) is 2.95. The summed E-state index contributed by atoms with van der Waals surface area (Å²) in [6.45, 7) is 2.22. The van der Waals surface area contributed by atoms with Gasteiger partial charge in [-0.25, -0.2) is 4.79 Å². The first kappa shape index (κ1) is 13.5. The van der Waals surface area contributed by atoms with E-state index >= 15 is 0 Å². The summed E-state index contributed by atoms with van der Waals surface area (Å²) in [6.07, 6.45) is 7.24. The molecule has 1 aliphatic heterocycles. The van der Waals surface area contributed by atoms with E-state index in [1.54, 1.807) is 0 Å². The Morgan fingerprint density at radius 3 is 2.52 bits per heavy atom. The van der Waals surface area contributed by atoms with Crippen LogP contribution in [0.3, 0.4) is 0 Å². The van der Waals surface area contributed by atoms with Gasteiger partial charge in [-0.15, -0.1) is 10.2 Å². The van der Waals surface area contributed by atoms with Gasteiger partial charge in [-0.2, -0.15) is 0 Å². The summed E-state index contributed by atoms with van der Waals surface area (Å²) in [7, 11) is 0. The Morgan fingerprint density at radius 1 is 1.10 bits per heavy atom. The van der Waals surface area contributed by atoms with Crippen LogP contribution in [0.1, 0.15) is 49.5 Å². The summed E-state index contributed by atoms with van der Waals surface area (Å²) < 4.78 is 0. The van der Waals surface area contributed by atoms with Crippen molar-refractivity contribution in [3.8, 4) is 0 Å². The van der Waals surface area contributed by atoms with E-state index in [2.05, 4.69) is 25.7 Å². The normalized spacial score (nSPS) is 24.0. The van der Waals surface area contributed by atoms with Gasteiger partial charge in [-0.1, -0.05) is 11.3 Å². The van der Waals surface area contributed by atoms with Crippen molar-refractivity contribution in [1.82, 2.24) is 20.4 Å². The molecule has 114 valence electrons. The first-order valence-electron chi connectivity index (χ1n) is 7.93. The zero-order chi connectivity index (χ0) is 14.2. The molecule has 2 heterocycles. The van der Waals surface area contributed by atoms with Gasteiger partial charge in [0, 0.05) is 31.1 Å². The predicted molar refractivity (Wildman–Crippen MR) is 81.7 cm³/mol. The third-order valence-electron chi connectivity index (χ3n) is 4.52. The highest BCUT2D eigenvalue weighted by Crippen LogP contribution is 2.42. The fraction of sp³-hybridized carbons (Fsp3) is 0.786. The van der Waals surface area contributed by atoms with Gasteiger partial charge in [0.2, 0.25) is 5.13 Å². The number of hydrogen-bond donors (Lipinski definition) is 2. The average molecular weight is 307 g/mol. The first-order valence-corrected chi connectivity index (χ1v) is 8.74. The second-order valence-electron chi connectivity index (χ2n) is 6.36. The van der Waals surface area contributed by atoms with Crippen LogP contribution >= 0.6 is 11.3 Å². The van der Waals surface area contributed by atoms with Gasteiger partial charge in [0.1, 0.15) is 5.01 Å². The molecule has 1 aromatic heterocycles. The molecule has 3 aliphatic rings. The van der Waals surface area contributed by atoms with Gasteiger partial charge in [0.05, 0.1) is 0 Å². The molecule has 0 aromatic carbocycles. The topological polar surface area (TPSA) is 70.1 Å².